The summed E-state index contributed by atoms with van der Waals surface area (Å²) in [5, 5.41) is 0.423. The van der Waals surface area contributed by atoms with Crippen molar-refractivity contribution in [1.82, 2.24) is 0 Å². The molecule has 0 bridgehead atoms. The molecule has 1 nitrogen and oxygen atoms in total. The fourth-order valence-corrected chi connectivity index (χ4v) is 1.53. The van der Waals surface area contributed by atoms with E-state index >= 15 is 0 Å². The number of alkyl halides is 3. The molecule has 1 rings (SSSR count). The third kappa shape index (κ3) is 3.00. The molecular formula is C9H8Cl2F2O. The van der Waals surface area contributed by atoms with E-state index in [1.807, 2.05) is 0 Å². The maximum Gasteiger partial charge on any atom is 0.272 e. The second-order valence-electron chi connectivity index (χ2n) is 2.55. The molecule has 0 saturated heterocycles. The number of ether oxygens (including phenoxy) is 1. The Kier molecular flexibility index (Phi) is 4.42. The van der Waals surface area contributed by atoms with E-state index in [4.69, 9.17) is 27.9 Å². The van der Waals surface area contributed by atoms with Gasteiger partial charge in [-0.15, -0.1) is 11.6 Å². The van der Waals surface area contributed by atoms with Crippen molar-refractivity contribution in [1.29, 1.82) is 0 Å². The normalized spacial score (nSPS) is 10.6. The minimum atomic E-state index is -2.50. The Morgan fingerprint density at radius 2 is 2.07 bits per heavy atom. The fraction of sp³-hybridized carbons (Fsp3) is 0.333. The van der Waals surface area contributed by atoms with Crippen LogP contribution < -0.4 is 4.74 Å². The Bertz CT molecular complexity index is 305. The van der Waals surface area contributed by atoms with Crippen LogP contribution in [0.3, 0.4) is 0 Å². The van der Waals surface area contributed by atoms with Gasteiger partial charge in [-0.3, -0.25) is 0 Å². The molecule has 0 aliphatic heterocycles. The van der Waals surface area contributed by atoms with Crippen LogP contribution in [0.15, 0.2) is 18.2 Å². The van der Waals surface area contributed by atoms with Crippen LogP contribution in [0.4, 0.5) is 8.78 Å². The smallest absolute Gasteiger partial charge is 0.272 e. The fourth-order valence-electron chi connectivity index (χ4n) is 0.957. The summed E-state index contributed by atoms with van der Waals surface area (Å²) in [4.78, 5) is 0. The van der Waals surface area contributed by atoms with E-state index in [1.54, 1.807) is 18.2 Å². The molecule has 0 spiro atoms. The van der Waals surface area contributed by atoms with Crippen LogP contribution in [0, 0.1) is 0 Å². The van der Waals surface area contributed by atoms with Crippen LogP contribution in [0.1, 0.15) is 5.56 Å². The molecule has 5 heteroatoms. The van der Waals surface area contributed by atoms with Gasteiger partial charge in [0.15, 0.2) is 0 Å². The standard InChI is InChI=1S/C9H8Cl2F2O/c10-4-6-7(11)2-1-3-8(6)14-5-9(12)13/h1-3,9H,4-5H2. The Hall–Kier alpha value is -0.540. The first-order chi connectivity index (χ1) is 6.65. The molecule has 0 aliphatic carbocycles. The zero-order valence-corrected chi connectivity index (χ0v) is 8.66. The van der Waals surface area contributed by atoms with Crippen molar-refractivity contribution in [3.63, 3.8) is 0 Å². The van der Waals surface area contributed by atoms with Crippen LogP contribution >= 0.6 is 23.2 Å². The van der Waals surface area contributed by atoms with Gasteiger partial charge in [0, 0.05) is 10.6 Å². The van der Waals surface area contributed by atoms with Gasteiger partial charge >= 0.3 is 0 Å². The van der Waals surface area contributed by atoms with Crippen molar-refractivity contribution >= 4 is 23.2 Å². The van der Waals surface area contributed by atoms with E-state index in [-0.39, 0.29) is 5.88 Å². The summed E-state index contributed by atoms with van der Waals surface area (Å²) in [5.41, 5.74) is 0.538. The Balaban J connectivity index is 2.80. The highest BCUT2D eigenvalue weighted by Crippen LogP contribution is 2.28. The third-order valence-electron chi connectivity index (χ3n) is 1.57. The lowest BCUT2D eigenvalue weighted by Gasteiger charge is -2.10. The van der Waals surface area contributed by atoms with Crippen molar-refractivity contribution in [2.75, 3.05) is 6.61 Å². The van der Waals surface area contributed by atoms with E-state index < -0.39 is 13.0 Å². The third-order valence-corrected chi connectivity index (χ3v) is 2.20. The highest BCUT2D eigenvalue weighted by atomic mass is 35.5. The van der Waals surface area contributed by atoms with Crippen LogP contribution in [-0.4, -0.2) is 13.0 Å². The Labute approximate surface area is 90.6 Å². The first-order valence-electron chi connectivity index (χ1n) is 3.89. The lowest BCUT2D eigenvalue weighted by atomic mass is 10.2. The van der Waals surface area contributed by atoms with E-state index in [9.17, 15) is 8.78 Å². The first-order valence-corrected chi connectivity index (χ1v) is 4.80. The molecule has 0 saturated carbocycles. The molecule has 0 aliphatic rings. The molecular weight excluding hydrogens is 233 g/mol. The summed E-state index contributed by atoms with van der Waals surface area (Å²) >= 11 is 11.4. The summed E-state index contributed by atoms with van der Waals surface area (Å²) in [6.07, 6.45) is -2.50. The number of halogens is 4. The zero-order chi connectivity index (χ0) is 10.6. The highest BCUT2D eigenvalue weighted by molar-refractivity contribution is 6.32. The van der Waals surface area contributed by atoms with Gasteiger partial charge in [0.1, 0.15) is 12.4 Å². The van der Waals surface area contributed by atoms with Crippen molar-refractivity contribution in [3.8, 4) is 5.75 Å². The van der Waals surface area contributed by atoms with Crippen LogP contribution in [-0.2, 0) is 5.88 Å². The average Bonchev–Trinajstić information content (AvgIpc) is 2.14. The largest absolute Gasteiger partial charge is 0.487 e. The molecule has 78 valence electrons. The Morgan fingerprint density at radius 1 is 1.36 bits per heavy atom. The molecule has 1 aromatic rings. The number of benzene rings is 1. The minimum absolute atomic E-state index is 0.137. The molecule has 0 fully saturated rings. The van der Waals surface area contributed by atoms with Gasteiger partial charge in [0.05, 0.1) is 5.88 Å². The number of hydrogen-bond acceptors (Lipinski definition) is 1. The van der Waals surface area contributed by atoms with Gasteiger partial charge in [0.2, 0.25) is 0 Å². The molecule has 0 atom stereocenters. The quantitative estimate of drug-likeness (QED) is 0.730. The van der Waals surface area contributed by atoms with Crippen molar-refractivity contribution in [2.45, 2.75) is 12.3 Å². The zero-order valence-electron chi connectivity index (χ0n) is 7.14. The number of rotatable bonds is 4. The molecule has 0 radical (unpaired) electrons. The second-order valence-corrected chi connectivity index (χ2v) is 3.23. The van der Waals surface area contributed by atoms with Gasteiger partial charge in [0.25, 0.3) is 6.43 Å². The van der Waals surface area contributed by atoms with Gasteiger partial charge in [-0.25, -0.2) is 8.78 Å². The first kappa shape index (κ1) is 11.5. The van der Waals surface area contributed by atoms with Crippen molar-refractivity contribution in [2.24, 2.45) is 0 Å². The monoisotopic (exact) mass is 240 g/mol. The van der Waals surface area contributed by atoms with Crippen LogP contribution in [0.25, 0.3) is 0 Å². The maximum atomic E-state index is 11.9. The van der Waals surface area contributed by atoms with E-state index in [1.165, 1.54) is 0 Å². The average molecular weight is 241 g/mol. The molecule has 0 N–H and O–H groups in total. The van der Waals surface area contributed by atoms with Crippen molar-refractivity contribution < 1.29 is 13.5 Å². The van der Waals surface area contributed by atoms with E-state index in [2.05, 4.69) is 0 Å². The summed E-state index contributed by atoms with van der Waals surface area (Å²) in [6.45, 7) is -0.649. The second kappa shape index (κ2) is 5.37. The SMILES string of the molecule is FC(F)COc1cccc(Cl)c1CCl. The summed E-state index contributed by atoms with van der Waals surface area (Å²) in [5.74, 6) is 0.450. The summed E-state index contributed by atoms with van der Waals surface area (Å²) in [7, 11) is 0. The summed E-state index contributed by atoms with van der Waals surface area (Å²) in [6, 6.07) is 4.82. The number of hydrogen-bond donors (Lipinski definition) is 0. The predicted molar refractivity (Wildman–Crippen MR) is 52.5 cm³/mol. The summed E-state index contributed by atoms with van der Waals surface area (Å²) < 4.78 is 28.6. The predicted octanol–water partition coefficient (Wildman–Crippen LogP) is 3.72. The molecule has 0 aromatic heterocycles. The molecule has 0 unspecified atom stereocenters. The van der Waals surface area contributed by atoms with Crippen LogP contribution in [0.2, 0.25) is 5.02 Å². The minimum Gasteiger partial charge on any atom is -0.487 e. The highest BCUT2D eigenvalue weighted by Gasteiger charge is 2.09. The molecule has 14 heavy (non-hydrogen) atoms. The topological polar surface area (TPSA) is 9.23 Å². The van der Waals surface area contributed by atoms with Gasteiger partial charge in [-0.05, 0) is 12.1 Å². The van der Waals surface area contributed by atoms with Crippen molar-refractivity contribution in [3.05, 3.63) is 28.8 Å². The van der Waals surface area contributed by atoms with Gasteiger partial charge in [-0.1, -0.05) is 17.7 Å². The molecule has 0 heterocycles. The molecule has 0 amide bonds. The van der Waals surface area contributed by atoms with Crippen LogP contribution in [0.5, 0.6) is 5.75 Å². The maximum absolute atomic E-state index is 11.9. The van der Waals surface area contributed by atoms with E-state index in [0.717, 1.165) is 0 Å². The Morgan fingerprint density at radius 3 is 2.64 bits per heavy atom. The molecule has 1 aromatic carbocycles. The van der Waals surface area contributed by atoms with Gasteiger partial charge < -0.3 is 4.74 Å². The van der Waals surface area contributed by atoms with Gasteiger partial charge in [-0.2, -0.15) is 0 Å². The van der Waals surface area contributed by atoms with E-state index in [0.29, 0.717) is 16.3 Å². The lowest BCUT2D eigenvalue weighted by molar-refractivity contribution is 0.0815. The lowest BCUT2D eigenvalue weighted by Crippen LogP contribution is -2.08.